The molecule has 0 unspecified atom stereocenters. The van der Waals surface area contributed by atoms with Crippen molar-refractivity contribution in [2.45, 2.75) is 38.5 Å². The van der Waals surface area contributed by atoms with E-state index in [4.69, 9.17) is 10.5 Å². The van der Waals surface area contributed by atoms with Crippen molar-refractivity contribution in [2.75, 3.05) is 12.8 Å². The molecule has 0 radical (unpaired) electrons. The zero-order valence-electron chi connectivity index (χ0n) is 14.4. The van der Waals surface area contributed by atoms with Crippen LogP contribution in [0.5, 0.6) is 0 Å². The summed E-state index contributed by atoms with van der Waals surface area (Å²) in [6.45, 7) is 0. The summed E-state index contributed by atoms with van der Waals surface area (Å²) < 4.78 is 6.73. The van der Waals surface area contributed by atoms with Gasteiger partial charge >= 0.3 is 5.97 Å². The summed E-state index contributed by atoms with van der Waals surface area (Å²) in [4.78, 5) is 12.4. The smallest absolute Gasteiger partial charge is 0.340 e. The van der Waals surface area contributed by atoms with Crippen molar-refractivity contribution < 1.29 is 9.53 Å². The minimum atomic E-state index is -0.430. The van der Waals surface area contributed by atoms with Crippen molar-refractivity contribution in [3.8, 4) is 0 Å². The van der Waals surface area contributed by atoms with Crippen LogP contribution in [0.1, 0.15) is 48.2 Å². The fraction of sp³-hybridized carbons (Fsp3) is 0.421. The van der Waals surface area contributed by atoms with E-state index in [0.29, 0.717) is 17.2 Å². The maximum atomic E-state index is 12.4. The third kappa shape index (κ3) is 2.62. The third-order valence-electron chi connectivity index (χ3n) is 5.26. The molecule has 2 N–H and O–H groups in total. The molecule has 0 amide bonds. The maximum Gasteiger partial charge on any atom is 0.340 e. The molecule has 1 fully saturated rings. The van der Waals surface area contributed by atoms with E-state index in [9.17, 15) is 4.79 Å². The van der Waals surface area contributed by atoms with Gasteiger partial charge in [0.15, 0.2) is 0 Å². The minimum Gasteiger partial charge on any atom is -0.465 e. The Morgan fingerprint density at radius 2 is 2.04 bits per heavy atom. The van der Waals surface area contributed by atoms with Gasteiger partial charge in [-0.3, -0.25) is 0 Å². The molecule has 0 spiro atoms. The summed E-state index contributed by atoms with van der Waals surface area (Å²) in [5.41, 5.74) is 9.65. The highest BCUT2D eigenvalue weighted by molar-refractivity contribution is 6.11. The lowest BCUT2D eigenvalue weighted by Crippen LogP contribution is -2.12. The van der Waals surface area contributed by atoms with E-state index in [0.717, 1.165) is 28.5 Å². The van der Waals surface area contributed by atoms with Gasteiger partial charge in [-0.2, -0.15) is 0 Å². The Kier molecular flexibility index (Phi) is 4.03. The van der Waals surface area contributed by atoms with Crippen molar-refractivity contribution in [2.24, 2.45) is 5.92 Å². The van der Waals surface area contributed by atoms with Crippen LogP contribution in [0.25, 0.3) is 16.4 Å². The van der Waals surface area contributed by atoms with Crippen molar-refractivity contribution in [1.82, 2.24) is 14.8 Å². The Balaban J connectivity index is 1.92. The van der Waals surface area contributed by atoms with Gasteiger partial charge in [0.25, 0.3) is 0 Å². The van der Waals surface area contributed by atoms with Crippen molar-refractivity contribution in [1.29, 1.82) is 0 Å². The predicted molar refractivity (Wildman–Crippen MR) is 96.5 cm³/mol. The summed E-state index contributed by atoms with van der Waals surface area (Å²) >= 11 is 0. The van der Waals surface area contributed by atoms with Gasteiger partial charge < -0.3 is 10.5 Å². The number of pyridine rings is 1. The first-order valence-electron chi connectivity index (χ1n) is 8.83. The minimum absolute atomic E-state index is 0.401. The lowest BCUT2D eigenvalue weighted by Gasteiger charge is -2.20. The SMILES string of the molecule is COC(=O)c1c(N)c2c(CC3CCCCC3)nnn2c2ccccc12. The van der Waals surface area contributed by atoms with Crippen molar-refractivity contribution in [3.63, 3.8) is 0 Å². The average molecular weight is 338 g/mol. The summed E-state index contributed by atoms with van der Waals surface area (Å²) in [6, 6.07) is 7.58. The molecular weight excluding hydrogens is 316 g/mol. The Labute approximate surface area is 146 Å². The number of carbonyl (C=O) groups is 1. The van der Waals surface area contributed by atoms with Gasteiger partial charge in [-0.25, -0.2) is 9.31 Å². The molecule has 1 aromatic carbocycles. The van der Waals surface area contributed by atoms with Crippen molar-refractivity contribution in [3.05, 3.63) is 35.5 Å². The van der Waals surface area contributed by atoms with E-state index in [-0.39, 0.29) is 0 Å². The van der Waals surface area contributed by atoms with Crippen LogP contribution in [0.3, 0.4) is 0 Å². The molecule has 1 saturated carbocycles. The second-order valence-electron chi connectivity index (χ2n) is 6.80. The van der Waals surface area contributed by atoms with Crippen LogP contribution in [0, 0.1) is 5.92 Å². The maximum absolute atomic E-state index is 12.4. The lowest BCUT2D eigenvalue weighted by molar-refractivity contribution is 0.0604. The molecule has 6 heteroatoms. The van der Waals surface area contributed by atoms with Gasteiger partial charge in [-0.05, 0) is 18.4 Å². The number of esters is 1. The molecule has 6 nitrogen and oxygen atoms in total. The quantitative estimate of drug-likeness (QED) is 0.740. The van der Waals surface area contributed by atoms with E-state index in [1.54, 1.807) is 4.52 Å². The molecule has 25 heavy (non-hydrogen) atoms. The van der Waals surface area contributed by atoms with E-state index in [1.165, 1.54) is 39.2 Å². The fourth-order valence-corrected chi connectivity index (χ4v) is 4.01. The molecule has 0 bridgehead atoms. The molecule has 1 aliphatic carbocycles. The number of para-hydroxylation sites is 1. The molecule has 130 valence electrons. The van der Waals surface area contributed by atoms with Crippen molar-refractivity contribution >= 4 is 28.1 Å². The summed E-state index contributed by atoms with van der Waals surface area (Å²) in [6.07, 6.45) is 7.16. The number of nitrogens with zero attached hydrogens (tertiary/aromatic N) is 3. The van der Waals surface area contributed by atoms with Gasteiger partial charge in [0.2, 0.25) is 0 Å². The molecule has 4 rings (SSSR count). The molecule has 0 saturated heterocycles. The Bertz CT molecular complexity index is 941. The van der Waals surface area contributed by atoms with Crippen LogP contribution < -0.4 is 5.73 Å². The molecule has 1 aliphatic rings. The molecule has 0 atom stereocenters. The summed E-state index contributed by atoms with van der Waals surface area (Å²) in [7, 11) is 1.37. The van der Waals surface area contributed by atoms with Crippen LogP contribution in [0.2, 0.25) is 0 Å². The first kappa shape index (κ1) is 15.9. The van der Waals surface area contributed by atoms with Crippen LogP contribution in [-0.4, -0.2) is 27.9 Å². The number of anilines is 1. The Hall–Kier alpha value is -2.63. The van der Waals surface area contributed by atoms with Gasteiger partial charge in [0.1, 0.15) is 5.52 Å². The number of nitrogens with two attached hydrogens (primary N) is 1. The number of rotatable bonds is 3. The molecule has 2 aromatic heterocycles. The number of benzene rings is 1. The van der Waals surface area contributed by atoms with E-state index < -0.39 is 5.97 Å². The van der Waals surface area contributed by atoms with Gasteiger partial charge in [-0.15, -0.1) is 5.10 Å². The first-order chi connectivity index (χ1) is 12.2. The fourth-order valence-electron chi connectivity index (χ4n) is 4.01. The monoisotopic (exact) mass is 338 g/mol. The van der Waals surface area contributed by atoms with Gasteiger partial charge in [0, 0.05) is 5.39 Å². The number of nitrogen functional groups attached to an aromatic ring is 1. The summed E-state index contributed by atoms with van der Waals surface area (Å²) in [5.74, 6) is 0.183. The van der Waals surface area contributed by atoms with Gasteiger partial charge in [-0.1, -0.05) is 55.5 Å². The zero-order valence-corrected chi connectivity index (χ0v) is 14.4. The van der Waals surface area contributed by atoms with E-state index in [1.807, 2.05) is 24.3 Å². The number of ether oxygens (including phenoxy) is 1. The highest BCUT2D eigenvalue weighted by Gasteiger charge is 2.24. The Morgan fingerprint density at radius 1 is 1.28 bits per heavy atom. The van der Waals surface area contributed by atoms with Crippen LogP contribution >= 0.6 is 0 Å². The largest absolute Gasteiger partial charge is 0.465 e. The second kappa shape index (κ2) is 6.35. The average Bonchev–Trinajstić information content (AvgIpc) is 3.07. The number of hydrogen-bond acceptors (Lipinski definition) is 5. The van der Waals surface area contributed by atoms with Crippen LogP contribution in [0.15, 0.2) is 24.3 Å². The van der Waals surface area contributed by atoms with Crippen LogP contribution in [-0.2, 0) is 11.2 Å². The number of methoxy groups -OCH3 is 1. The zero-order chi connectivity index (χ0) is 17.4. The second-order valence-corrected chi connectivity index (χ2v) is 6.80. The normalized spacial score (nSPS) is 15.7. The number of aromatic nitrogens is 3. The highest BCUT2D eigenvalue weighted by Crippen LogP contribution is 2.33. The van der Waals surface area contributed by atoms with Gasteiger partial charge in [0.05, 0.1) is 29.6 Å². The van der Waals surface area contributed by atoms with E-state index >= 15 is 0 Å². The highest BCUT2D eigenvalue weighted by atomic mass is 16.5. The molecule has 3 aromatic rings. The molecule has 2 heterocycles. The number of carbonyl (C=O) groups excluding carboxylic acids is 1. The third-order valence-corrected chi connectivity index (χ3v) is 5.26. The van der Waals surface area contributed by atoms with Crippen LogP contribution in [0.4, 0.5) is 5.69 Å². The first-order valence-corrected chi connectivity index (χ1v) is 8.83. The predicted octanol–water partition coefficient (Wildman–Crippen LogP) is 3.37. The number of fused-ring (bicyclic) bond motifs is 3. The van der Waals surface area contributed by atoms with E-state index in [2.05, 4.69) is 10.3 Å². The summed E-state index contributed by atoms with van der Waals surface area (Å²) in [5, 5.41) is 9.47. The molecule has 0 aliphatic heterocycles. The lowest BCUT2D eigenvalue weighted by atomic mass is 9.86. The Morgan fingerprint density at radius 3 is 2.80 bits per heavy atom. The number of hydrogen-bond donors (Lipinski definition) is 1. The topological polar surface area (TPSA) is 82.5 Å². The molecular formula is C19H22N4O2. The standard InChI is InChI=1S/C19H22N4O2/c1-25-19(24)16-13-9-5-6-10-15(13)23-18(17(16)20)14(21-22-23)11-12-7-3-2-4-8-12/h5-6,9-10,12H,2-4,7-8,11,20H2,1H3.